The molecule has 1 N–H and O–H groups in total. The smallest absolute Gasteiger partial charge is 0.225 e. The van der Waals surface area contributed by atoms with Crippen LogP contribution in [0.15, 0.2) is 55.0 Å². The van der Waals surface area contributed by atoms with E-state index < -0.39 is 0 Å². The number of piperidine rings is 1. The molecular weight excluding hydrogens is 338 g/mol. The van der Waals surface area contributed by atoms with Gasteiger partial charge in [0.05, 0.1) is 18.0 Å². The maximum atomic E-state index is 10.6. The molecule has 140 valence electrons. The van der Waals surface area contributed by atoms with E-state index in [1.807, 2.05) is 43.7 Å². The average Bonchev–Trinajstić information content (AvgIpc) is 3.15. The van der Waals surface area contributed by atoms with Crippen LogP contribution in [0, 0.1) is 5.92 Å². The fourth-order valence-electron chi connectivity index (χ4n) is 3.72. The van der Waals surface area contributed by atoms with Gasteiger partial charge >= 0.3 is 0 Å². The molecular formula is C21H25N5O. The first-order valence-electron chi connectivity index (χ1n) is 9.48. The highest BCUT2D eigenvalue weighted by Gasteiger charge is 2.26. The third-order valence-corrected chi connectivity index (χ3v) is 5.30. The minimum atomic E-state index is -0.294. The van der Waals surface area contributed by atoms with Crippen molar-refractivity contribution in [1.29, 1.82) is 0 Å². The standard InChI is InChI=1S/C21H25N5O/c1-25-15-18(14-23-25)19-7-10-22-21(24-19)26-11-8-17(9-12-26)20(27)13-16-5-3-2-4-6-16/h2-7,10,14-15,17,20,27H,8-9,11-13H2,1H3/t20-/m0/s1. The van der Waals surface area contributed by atoms with Crippen molar-refractivity contribution in [2.24, 2.45) is 13.0 Å². The first-order valence-corrected chi connectivity index (χ1v) is 9.48. The van der Waals surface area contributed by atoms with Gasteiger partial charge in [-0.1, -0.05) is 30.3 Å². The van der Waals surface area contributed by atoms with E-state index in [-0.39, 0.29) is 6.10 Å². The summed E-state index contributed by atoms with van der Waals surface area (Å²) in [6.45, 7) is 1.74. The first kappa shape index (κ1) is 17.7. The number of rotatable bonds is 5. The molecule has 1 aromatic carbocycles. The Morgan fingerprint density at radius 1 is 1.15 bits per heavy atom. The molecule has 4 rings (SSSR count). The number of aliphatic hydroxyl groups excluding tert-OH is 1. The molecule has 27 heavy (non-hydrogen) atoms. The Hall–Kier alpha value is -2.73. The Kier molecular flexibility index (Phi) is 5.16. The Balaban J connectivity index is 1.38. The molecule has 0 spiro atoms. The zero-order valence-corrected chi connectivity index (χ0v) is 15.6. The molecule has 0 unspecified atom stereocenters. The number of hydrogen-bond donors (Lipinski definition) is 1. The van der Waals surface area contributed by atoms with Gasteiger partial charge in [-0.25, -0.2) is 9.97 Å². The van der Waals surface area contributed by atoms with Gasteiger partial charge < -0.3 is 10.0 Å². The van der Waals surface area contributed by atoms with Crippen LogP contribution in [-0.2, 0) is 13.5 Å². The highest BCUT2D eigenvalue weighted by molar-refractivity contribution is 5.58. The summed E-state index contributed by atoms with van der Waals surface area (Å²) in [4.78, 5) is 11.4. The SMILES string of the molecule is Cn1cc(-c2ccnc(N3CCC([C@@H](O)Cc4ccccc4)CC3)n2)cn1. The van der Waals surface area contributed by atoms with Crippen molar-refractivity contribution in [1.82, 2.24) is 19.7 Å². The van der Waals surface area contributed by atoms with E-state index in [2.05, 4.69) is 27.1 Å². The van der Waals surface area contributed by atoms with Crippen LogP contribution >= 0.6 is 0 Å². The van der Waals surface area contributed by atoms with Crippen LogP contribution in [0.5, 0.6) is 0 Å². The molecule has 0 bridgehead atoms. The number of aliphatic hydroxyl groups is 1. The van der Waals surface area contributed by atoms with E-state index in [1.165, 1.54) is 5.56 Å². The van der Waals surface area contributed by atoms with Crippen molar-refractivity contribution >= 4 is 5.95 Å². The second-order valence-corrected chi connectivity index (χ2v) is 7.23. The predicted molar refractivity (Wildman–Crippen MR) is 105 cm³/mol. The van der Waals surface area contributed by atoms with Crippen molar-refractivity contribution in [3.63, 3.8) is 0 Å². The molecule has 1 aliphatic heterocycles. The van der Waals surface area contributed by atoms with Gasteiger partial charge in [0.25, 0.3) is 0 Å². The summed E-state index contributed by atoms with van der Waals surface area (Å²) in [6.07, 6.45) is 7.91. The molecule has 3 aromatic rings. The van der Waals surface area contributed by atoms with Gasteiger partial charge in [-0.15, -0.1) is 0 Å². The van der Waals surface area contributed by atoms with Crippen molar-refractivity contribution in [2.75, 3.05) is 18.0 Å². The minimum absolute atomic E-state index is 0.294. The summed E-state index contributed by atoms with van der Waals surface area (Å²) in [5.41, 5.74) is 3.08. The quantitative estimate of drug-likeness (QED) is 0.755. The zero-order chi connectivity index (χ0) is 18.6. The Morgan fingerprint density at radius 2 is 1.93 bits per heavy atom. The van der Waals surface area contributed by atoms with E-state index in [0.29, 0.717) is 5.92 Å². The van der Waals surface area contributed by atoms with E-state index in [1.54, 1.807) is 10.9 Å². The van der Waals surface area contributed by atoms with Crippen LogP contribution in [0.25, 0.3) is 11.3 Å². The normalized spacial score (nSPS) is 16.4. The van der Waals surface area contributed by atoms with Crippen LogP contribution in [0.3, 0.4) is 0 Å². The number of anilines is 1. The van der Waals surface area contributed by atoms with Gasteiger partial charge in [-0.3, -0.25) is 4.68 Å². The number of hydrogen-bond acceptors (Lipinski definition) is 5. The number of nitrogens with zero attached hydrogens (tertiary/aromatic N) is 5. The predicted octanol–water partition coefficient (Wildman–Crippen LogP) is 2.70. The molecule has 0 aliphatic carbocycles. The molecule has 3 heterocycles. The summed E-state index contributed by atoms with van der Waals surface area (Å²) in [7, 11) is 1.90. The summed E-state index contributed by atoms with van der Waals surface area (Å²) < 4.78 is 1.77. The van der Waals surface area contributed by atoms with Crippen molar-refractivity contribution < 1.29 is 5.11 Å². The fourth-order valence-corrected chi connectivity index (χ4v) is 3.72. The monoisotopic (exact) mass is 363 g/mol. The molecule has 0 amide bonds. The van der Waals surface area contributed by atoms with Crippen LogP contribution in [0.1, 0.15) is 18.4 Å². The Bertz CT molecular complexity index is 871. The molecule has 1 saturated heterocycles. The van der Waals surface area contributed by atoms with Gasteiger partial charge in [0.15, 0.2) is 0 Å². The highest BCUT2D eigenvalue weighted by Crippen LogP contribution is 2.26. The van der Waals surface area contributed by atoms with E-state index in [0.717, 1.165) is 49.6 Å². The molecule has 0 saturated carbocycles. The van der Waals surface area contributed by atoms with Crippen molar-refractivity contribution in [2.45, 2.75) is 25.4 Å². The van der Waals surface area contributed by atoms with Crippen molar-refractivity contribution in [3.8, 4) is 11.3 Å². The van der Waals surface area contributed by atoms with Gasteiger partial charge in [-0.2, -0.15) is 5.10 Å². The van der Waals surface area contributed by atoms with E-state index >= 15 is 0 Å². The van der Waals surface area contributed by atoms with E-state index in [4.69, 9.17) is 4.98 Å². The lowest BCUT2D eigenvalue weighted by atomic mass is 9.88. The van der Waals surface area contributed by atoms with Gasteiger partial charge in [0.1, 0.15) is 0 Å². The number of benzene rings is 1. The summed E-state index contributed by atoms with van der Waals surface area (Å²) >= 11 is 0. The molecule has 6 nitrogen and oxygen atoms in total. The first-order chi connectivity index (χ1) is 13.2. The van der Waals surface area contributed by atoms with Crippen LogP contribution in [0.4, 0.5) is 5.95 Å². The summed E-state index contributed by atoms with van der Waals surface area (Å²) in [5, 5.41) is 14.8. The minimum Gasteiger partial charge on any atom is -0.392 e. The number of aromatic nitrogens is 4. The second kappa shape index (κ2) is 7.88. The van der Waals surface area contributed by atoms with Crippen LogP contribution in [-0.4, -0.2) is 44.0 Å². The lowest BCUT2D eigenvalue weighted by molar-refractivity contribution is 0.0928. The van der Waals surface area contributed by atoms with Gasteiger partial charge in [0, 0.05) is 38.1 Å². The summed E-state index contributed by atoms with van der Waals surface area (Å²) in [6, 6.07) is 12.1. The largest absolute Gasteiger partial charge is 0.392 e. The molecule has 6 heteroatoms. The average molecular weight is 363 g/mol. The molecule has 1 aliphatic rings. The Labute approximate surface area is 159 Å². The van der Waals surface area contributed by atoms with Gasteiger partial charge in [0.2, 0.25) is 5.95 Å². The molecule has 2 aromatic heterocycles. The topological polar surface area (TPSA) is 67.1 Å². The third kappa shape index (κ3) is 4.17. The van der Waals surface area contributed by atoms with E-state index in [9.17, 15) is 5.11 Å². The molecule has 1 fully saturated rings. The second-order valence-electron chi connectivity index (χ2n) is 7.23. The molecule has 0 radical (unpaired) electrons. The Morgan fingerprint density at radius 3 is 2.63 bits per heavy atom. The zero-order valence-electron chi connectivity index (χ0n) is 15.6. The lowest BCUT2D eigenvalue weighted by Crippen LogP contribution is -2.39. The van der Waals surface area contributed by atoms with Crippen LogP contribution in [0.2, 0.25) is 0 Å². The maximum Gasteiger partial charge on any atom is 0.225 e. The lowest BCUT2D eigenvalue weighted by Gasteiger charge is -2.34. The maximum absolute atomic E-state index is 10.6. The van der Waals surface area contributed by atoms with Crippen molar-refractivity contribution in [3.05, 3.63) is 60.6 Å². The number of aryl methyl sites for hydroxylation is 1. The van der Waals surface area contributed by atoms with Gasteiger partial charge in [-0.05, 0) is 36.8 Å². The van der Waals surface area contributed by atoms with Crippen LogP contribution < -0.4 is 4.90 Å². The fraction of sp³-hybridized carbons (Fsp3) is 0.381. The molecule has 1 atom stereocenters. The highest BCUT2D eigenvalue weighted by atomic mass is 16.3. The summed E-state index contributed by atoms with van der Waals surface area (Å²) in [5.74, 6) is 1.08. The third-order valence-electron chi connectivity index (χ3n) is 5.30.